The van der Waals surface area contributed by atoms with Gasteiger partial charge in [-0.05, 0) is 44.7 Å². The third-order valence-electron chi connectivity index (χ3n) is 3.21. The van der Waals surface area contributed by atoms with Crippen LogP contribution in [0.1, 0.15) is 47.5 Å². The second-order valence-electron chi connectivity index (χ2n) is 5.05. The van der Waals surface area contributed by atoms with E-state index < -0.39 is 0 Å². The topological polar surface area (TPSA) is 12.0 Å². The maximum absolute atomic E-state index is 3.66. The van der Waals surface area contributed by atoms with Gasteiger partial charge in [0.1, 0.15) is 0 Å². The Morgan fingerprint density at radius 3 is 2.22 bits per heavy atom. The monoisotopic (exact) mass is 259 g/mol. The minimum absolute atomic E-state index is 0.376. The fourth-order valence-corrected chi connectivity index (χ4v) is 3.09. The highest BCUT2D eigenvalue weighted by atomic mass is 32.1. The lowest BCUT2D eigenvalue weighted by Crippen LogP contribution is -2.21. The van der Waals surface area contributed by atoms with Crippen LogP contribution in [-0.2, 0) is 0 Å². The highest BCUT2D eigenvalue weighted by Gasteiger charge is 2.12. The first-order chi connectivity index (χ1) is 8.56. The largest absolute Gasteiger partial charge is 0.303 e. The van der Waals surface area contributed by atoms with E-state index in [4.69, 9.17) is 0 Å². The molecule has 18 heavy (non-hydrogen) atoms. The average molecular weight is 259 g/mol. The van der Waals surface area contributed by atoms with Gasteiger partial charge in [0.05, 0.1) is 0 Å². The Morgan fingerprint density at radius 1 is 1.00 bits per heavy atom. The Hall–Kier alpha value is -1.12. The van der Waals surface area contributed by atoms with Crippen molar-refractivity contribution in [3.8, 4) is 0 Å². The summed E-state index contributed by atoms with van der Waals surface area (Å²) in [5, 5.41) is 5.80. The van der Waals surface area contributed by atoms with E-state index in [0.29, 0.717) is 12.1 Å². The SMILES string of the molecule is Cc1cc(C)cc(C(C)N[C@@H](C)c2cccs2)c1. The van der Waals surface area contributed by atoms with Crippen LogP contribution < -0.4 is 5.32 Å². The Kier molecular flexibility index (Phi) is 4.20. The summed E-state index contributed by atoms with van der Waals surface area (Å²) in [6.45, 7) is 8.78. The van der Waals surface area contributed by atoms with E-state index in [-0.39, 0.29) is 0 Å². The molecule has 1 nitrogen and oxygen atoms in total. The maximum Gasteiger partial charge on any atom is 0.0391 e. The summed E-state index contributed by atoms with van der Waals surface area (Å²) in [4.78, 5) is 1.39. The van der Waals surface area contributed by atoms with Crippen LogP contribution >= 0.6 is 11.3 Å². The number of thiophene rings is 1. The van der Waals surface area contributed by atoms with Crippen LogP contribution in [0, 0.1) is 13.8 Å². The summed E-state index contributed by atoms with van der Waals surface area (Å²) >= 11 is 1.81. The van der Waals surface area contributed by atoms with E-state index in [0.717, 1.165) is 0 Å². The first-order valence-corrected chi connectivity index (χ1v) is 7.32. The van der Waals surface area contributed by atoms with Crippen LogP contribution in [0.5, 0.6) is 0 Å². The van der Waals surface area contributed by atoms with Gasteiger partial charge in [-0.2, -0.15) is 0 Å². The van der Waals surface area contributed by atoms with Gasteiger partial charge < -0.3 is 5.32 Å². The molecule has 2 rings (SSSR count). The van der Waals surface area contributed by atoms with Gasteiger partial charge in [0.25, 0.3) is 0 Å². The first kappa shape index (κ1) is 13.3. The van der Waals surface area contributed by atoms with Crippen molar-refractivity contribution in [2.75, 3.05) is 0 Å². The fraction of sp³-hybridized carbons (Fsp3) is 0.375. The van der Waals surface area contributed by atoms with Crippen molar-refractivity contribution in [1.29, 1.82) is 0 Å². The van der Waals surface area contributed by atoms with Crippen molar-refractivity contribution in [1.82, 2.24) is 5.32 Å². The minimum atomic E-state index is 0.376. The molecular formula is C16H21NS. The quantitative estimate of drug-likeness (QED) is 0.833. The first-order valence-electron chi connectivity index (χ1n) is 6.44. The molecule has 1 unspecified atom stereocenters. The van der Waals surface area contributed by atoms with Crippen LogP contribution in [0.3, 0.4) is 0 Å². The molecule has 0 amide bonds. The smallest absolute Gasteiger partial charge is 0.0391 e. The van der Waals surface area contributed by atoms with Crippen LogP contribution in [0.25, 0.3) is 0 Å². The maximum atomic E-state index is 3.66. The molecule has 0 aliphatic carbocycles. The molecule has 2 atom stereocenters. The molecule has 1 aromatic carbocycles. The summed E-state index contributed by atoms with van der Waals surface area (Å²) < 4.78 is 0. The zero-order valence-corrected chi connectivity index (χ0v) is 12.3. The number of rotatable bonds is 4. The lowest BCUT2D eigenvalue weighted by atomic mass is 10.0. The van der Waals surface area contributed by atoms with E-state index in [1.54, 1.807) is 0 Å². The van der Waals surface area contributed by atoms with Crippen molar-refractivity contribution in [2.24, 2.45) is 0 Å². The van der Waals surface area contributed by atoms with E-state index in [1.807, 2.05) is 11.3 Å². The van der Waals surface area contributed by atoms with Gasteiger partial charge in [-0.15, -0.1) is 11.3 Å². The molecule has 96 valence electrons. The Labute approximate surface area is 114 Å². The van der Waals surface area contributed by atoms with Crippen LogP contribution in [0.4, 0.5) is 0 Å². The average Bonchev–Trinajstić information content (AvgIpc) is 2.80. The molecule has 0 saturated carbocycles. The van der Waals surface area contributed by atoms with Crippen molar-refractivity contribution in [2.45, 2.75) is 39.8 Å². The lowest BCUT2D eigenvalue weighted by molar-refractivity contribution is 0.500. The Balaban J connectivity index is 2.09. The highest BCUT2D eigenvalue weighted by Crippen LogP contribution is 2.23. The molecule has 0 fully saturated rings. The second kappa shape index (κ2) is 5.68. The minimum Gasteiger partial charge on any atom is -0.303 e. The summed E-state index contributed by atoms with van der Waals surface area (Å²) in [5.41, 5.74) is 4.04. The highest BCUT2D eigenvalue weighted by molar-refractivity contribution is 7.10. The molecule has 0 spiro atoms. The van der Waals surface area contributed by atoms with Gasteiger partial charge in [-0.3, -0.25) is 0 Å². The molecule has 0 saturated heterocycles. The van der Waals surface area contributed by atoms with Crippen molar-refractivity contribution >= 4 is 11.3 Å². The van der Waals surface area contributed by atoms with Gasteiger partial charge in [-0.1, -0.05) is 35.4 Å². The number of aryl methyl sites for hydroxylation is 2. The molecule has 0 radical (unpaired) electrons. The predicted octanol–water partition coefficient (Wildman–Crippen LogP) is 4.78. The molecule has 0 aliphatic rings. The Morgan fingerprint density at radius 2 is 1.67 bits per heavy atom. The number of hydrogen-bond donors (Lipinski definition) is 1. The predicted molar refractivity (Wildman–Crippen MR) is 80.2 cm³/mol. The summed E-state index contributed by atoms with van der Waals surface area (Å²) in [6.07, 6.45) is 0. The van der Waals surface area contributed by atoms with Crippen molar-refractivity contribution < 1.29 is 0 Å². The van der Waals surface area contributed by atoms with Crippen LogP contribution in [0.15, 0.2) is 35.7 Å². The zero-order chi connectivity index (χ0) is 13.1. The van der Waals surface area contributed by atoms with Crippen molar-refractivity contribution in [3.63, 3.8) is 0 Å². The third kappa shape index (κ3) is 3.21. The zero-order valence-electron chi connectivity index (χ0n) is 11.5. The van der Waals surface area contributed by atoms with Gasteiger partial charge in [0, 0.05) is 17.0 Å². The molecular weight excluding hydrogens is 238 g/mol. The molecule has 0 aliphatic heterocycles. The van der Waals surface area contributed by atoms with Crippen LogP contribution in [-0.4, -0.2) is 0 Å². The van der Waals surface area contributed by atoms with Gasteiger partial charge >= 0.3 is 0 Å². The molecule has 0 bridgehead atoms. The second-order valence-corrected chi connectivity index (χ2v) is 6.03. The van der Waals surface area contributed by atoms with Gasteiger partial charge in [0.15, 0.2) is 0 Å². The third-order valence-corrected chi connectivity index (χ3v) is 4.27. The molecule has 1 heterocycles. The van der Waals surface area contributed by atoms with E-state index >= 15 is 0 Å². The van der Waals surface area contributed by atoms with E-state index in [2.05, 4.69) is 68.7 Å². The summed E-state index contributed by atoms with van der Waals surface area (Å²) in [6, 6.07) is 11.8. The molecule has 1 aromatic heterocycles. The lowest BCUT2D eigenvalue weighted by Gasteiger charge is -2.20. The number of nitrogens with one attached hydrogen (secondary N) is 1. The van der Waals surface area contributed by atoms with Gasteiger partial charge in [0.2, 0.25) is 0 Å². The Bertz CT molecular complexity index is 482. The number of hydrogen-bond acceptors (Lipinski definition) is 2. The van der Waals surface area contributed by atoms with Crippen molar-refractivity contribution in [3.05, 3.63) is 57.3 Å². The van der Waals surface area contributed by atoms with E-state index in [1.165, 1.54) is 21.6 Å². The van der Waals surface area contributed by atoms with Gasteiger partial charge in [-0.25, -0.2) is 0 Å². The standard InChI is InChI=1S/C16H21NS/c1-11-8-12(2)10-15(9-11)13(3)17-14(4)16-6-5-7-18-16/h5-10,13-14,17H,1-4H3/t13?,14-/m0/s1. The summed E-state index contributed by atoms with van der Waals surface area (Å²) in [5.74, 6) is 0. The molecule has 1 N–H and O–H groups in total. The number of benzene rings is 1. The summed E-state index contributed by atoms with van der Waals surface area (Å²) in [7, 11) is 0. The van der Waals surface area contributed by atoms with E-state index in [9.17, 15) is 0 Å². The fourth-order valence-electron chi connectivity index (χ4n) is 2.35. The molecule has 2 aromatic rings. The normalized spacial score (nSPS) is 14.4. The molecule has 2 heteroatoms. The van der Waals surface area contributed by atoms with Crippen LogP contribution in [0.2, 0.25) is 0 Å².